The Morgan fingerprint density at radius 2 is 1.46 bits per heavy atom. The van der Waals surface area contributed by atoms with E-state index in [1.165, 1.54) is 33.5 Å². The van der Waals surface area contributed by atoms with Crippen LogP contribution in [0.15, 0.2) is 102 Å². The maximum atomic E-state index is 13.6. The molecule has 0 aromatic heterocycles. The highest BCUT2D eigenvalue weighted by Crippen LogP contribution is 2.47. The van der Waals surface area contributed by atoms with E-state index in [2.05, 4.69) is 64.5 Å². The Kier molecular flexibility index (Phi) is 5.45. The summed E-state index contributed by atoms with van der Waals surface area (Å²) in [5.74, 6) is 0.104. The highest BCUT2D eigenvalue weighted by atomic mass is 79.9. The zero-order valence-corrected chi connectivity index (χ0v) is 20.4. The van der Waals surface area contributed by atoms with E-state index >= 15 is 0 Å². The van der Waals surface area contributed by atoms with Crippen LogP contribution in [0.4, 0.5) is 13.2 Å². The lowest BCUT2D eigenvalue weighted by Gasteiger charge is -2.34. The van der Waals surface area contributed by atoms with Crippen molar-refractivity contribution in [1.29, 1.82) is 0 Å². The molecule has 0 radical (unpaired) electrons. The van der Waals surface area contributed by atoms with E-state index in [9.17, 15) is 13.2 Å². The van der Waals surface area contributed by atoms with Gasteiger partial charge in [-0.15, -0.1) is 0 Å². The summed E-state index contributed by atoms with van der Waals surface area (Å²) in [5.41, 5.74) is 3.74. The minimum Gasteiger partial charge on any atom is -0.166 e. The molecule has 2 unspecified atom stereocenters. The van der Waals surface area contributed by atoms with Crippen molar-refractivity contribution in [3.8, 4) is 0 Å². The predicted octanol–water partition coefficient (Wildman–Crippen LogP) is 9.64. The minimum absolute atomic E-state index is 0.125. The molecule has 35 heavy (non-hydrogen) atoms. The standard InChI is InChI=1S/C31H22BrF3/c32-25-12-8-19(9-13-25)23-16-22-11-14-27-26-7-2-1-4-20(26)10-15-28(27)30(22)29(18-23)21-5-3-6-24(17-21)31(33,34)35/h1-15,17,23,29H,16,18H2. The SMILES string of the molecule is FC(F)(F)c1cccc(C2CC(c3ccc(Br)cc3)Cc3ccc4c(ccc5ccccc54)c32)c1. The van der Waals surface area contributed by atoms with E-state index in [1.54, 1.807) is 6.07 Å². The van der Waals surface area contributed by atoms with Gasteiger partial charge in [-0.3, -0.25) is 0 Å². The lowest BCUT2D eigenvalue weighted by Crippen LogP contribution is -2.19. The first-order valence-electron chi connectivity index (χ1n) is 11.7. The topological polar surface area (TPSA) is 0 Å². The van der Waals surface area contributed by atoms with Gasteiger partial charge in [-0.25, -0.2) is 0 Å². The van der Waals surface area contributed by atoms with Crippen LogP contribution in [-0.4, -0.2) is 0 Å². The van der Waals surface area contributed by atoms with Gasteiger partial charge < -0.3 is 0 Å². The van der Waals surface area contributed by atoms with E-state index in [1.807, 2.05) is 30.3 Å². The van der Waals surface area contributed by atoms with E-state index in [0.29, 0.717) is 0 Å². The fraction of sp³-hybridized carbons (Fsp3) is 0.161. The fourth-order valence-corrected chi connectivity index (χ4v) is 5.99. The first-order valence-corrected chi connectivity index (χ1v) is 12.5. The van der Waals surface area contributed by atoms with Crippen LogP contribution in [0.25, 0.3) is 21.5 Å². The Balaban J connectivity index is 1.57. The Bertz CT molecular complexity index is 1550. The van der Waals surface area contributed by atoms with Crippen LogP contribution in [0.2, 0.25) is 0 Å². The molecule has 0 spiro atoms. The lowest BCUT2D eigenvalue weighted by atomic mass is 9.70. The van der Waals surface area contributed by atoms with Gasteiger partial charge in [0.25, 0.3) is 0 Å². The molecule has 0 saturated carbocycles. The molecule has 0 fully saturated rings. The summed E-state index contributed by atoms with van der Waals surface area (Å²) in [4.78, 5) is 0. The van der Waals surface area contributed by atoms with Crippen molar-refractivity contribution < 1.29 is 13.2 Å². The first-order chi connectivity index (χ1) is 16.9. The molecular formula is C31H22BrF3. The molecule has 0 saturated heterocycles. The molecular weight excluding hydrogens is 509 g/mol. The average molecular weight is 531 g/mol. The lowest BCUT2D eigenvalue weighted by molar-refractivity contribution is -0.137. The van der Waals surface area contributed by atoms with Crippen molar-refractivity contribution >= 4 is 37.5 Å². The highest BCUT2D eigenvalue weighted by Gasteiger charge is 2.34. The van der Waals surface area contributed by atoms with Gasteiger partial charge in [0.1, 0.15) is 0 Å². The van der Waals surface area contributed by atoms with Gasteiger partial charge in [0.15, 0.2) is 0 Å². The Morgan fingerprint density at radius 1 is 0.686 bits per heavy atom. The summed E-state index contributed by atoms with van der Waals surface area (Å²) in [6, 6.07) is 31.2. The van der Waals surface area contributed by atoms with Crippen molar-refractivity contribution in [2.24, 2.45) is 0 Å². The highest BCUT2D eigenvalue weighted by molar-refractivity contribution is 9.10. The Morgan fingerprint density at radius 3 is 2.26 bits per heavy atom. The summed E-state index contributed by atoms with van der Waals surface area (Å²) in [7, 11) is 0. The smallest absolute Gasteiger partial charge is 0.166 e. The Labute approximate surface area is 210 Å². The van der Waals surface area contributed by atoms with Crippen LogP contribution >= 0.6 is 15.9 Å². The molecule has 0 aliphatic heterocycles. The number of hydrogen-bond acceptors (Lipinski definition) is 0. The third-order valence-electron chi connectivity index (χ3n) is 7.35. The second-order valence-electron chi connectivity index (χ2n) is 9.38. The van der Waals surface area contributed by atoms with Crippen molar-refractivity contribution in [3.63, 3.8) is 0 Å². The van der Waals surface area contributed by atoms with Crippen LogP contribution in [0.5, 0.6) is 0 Å². The molecule has 2 atom stereocenters. The van der Waals surface area contributed by atoms with Gasteiger partial charge in [0.2, 0.25) is 0 Å². The van der Waals surface area contributed by atoms with Crippen molar-refractivity contribution in [2.75, 3.05) is 0 Å². The summed E-state index contributed by atoms with van der Waals surface area (Å²) in [6.45, 7) is 0. The number of fused-ring (bicyclic) bond motifs is 5. The molecule has 0 nitrogen and oxygen atoms in total. The van der Waals surface area contributed by atoms with Crippen LogP contribution in [0.1, 0.15) is 46.1 Å². The largest absolute Gasteiger partial charge is 0.416 e. The van der Waals surface area contributed by atoms with Crippen molar-refractivity contribution in [3.05, 3.63) is 129 Å². The van der Waals surface area contributed by atoms with E-state index in [-0.39, 0.29) is 11.8 Å². The zero-order chi connectivity index (χ0) is 24.2. The summed E-state index contributed by atoms with van der Waals surface area (Å²) in [5, 5.41) is 4.63. The summed E-state index contributed by atoms with van der Waals surface area (Å²) < 4.78 is 41.9. The number of rotatable bonds is 2. The Hall–Kier alpha value is -3.11. The van der Waals surface area contributed by atoms with Gasteiger partial charge in [-0.05, 0) is 80.8 Å². The van der Waals surface area contributed by atoms with E-state index in [4.69, 9.17) is 0 Å². The van der Waals surface area contributed by atoms with Crippen LogP contribution in [-0.2, 0) is 12.6 Å². The summed E-state index contributed by atoms with van der Waals surface area (Å²) >= 11 is 3.51. The molecule has 174 valence electrons. The fourth-order valence-electron chi connectivity index (χ4n) is 5.72. The van der Waals surface area contributed by atoms with Crippen LogP contribution in [0, 0.1) is 0 Å². The second-order valence-corrected chi connectivity index (χ2v) is 10.3. The average Bonchev–Trinajstić information content (AvgIpc) is 2.87. The number of alkyl halides is 3. The third kappa shape index (κ3) is 4.04. The molecule has 0 bridgehead atoms. The van der Waals surface area contributed by atoms with Crippen LogP contribution < -0.4 is 0 Å². The van der Waals surface area contributed by atoms with Gasteiger partial charge >= 0.3 is 6.18 Å². The molecule has 5 aromatic rings. The summed E-state index contributed by atoms with van der Waals surface area (Å²) in [6.07, 6.45) is -2.73. The van der Waals surface area contributed by atoms with Crippen molar-refractivity contribution in [2.45, 2.75) is 30.9 Å². The molecule has 0 heterocycles. The van der Waals surface area contributed by atoms with Gasteiger partial charge in [-0.1, -0.05) is 94.8 Å². The molecule has 0 amide bonds. The first kappa shape index (κ1) is 22.4. The monoisotopic (exact) mass is 530 g/mol. The van der Waals surface area contributed by atoms with E-state index in [0.717, 1.165) is 39.7 Å². The van der Waals surface area contributed by atoms with Crippen LogP contribution in [0.3, 0.4) is 0 Å². The van der Waals surface area contributed by atoms with E-state index < -0.39 is 11.7 Å². The number of halogens is 4. The molecule has 4 heteroatoms. The number of hydrogen-bond donors (Lipinski definition) is 0. The molecule has 0 N–H and O–H groups in total. The number of benzene rings is 5. The molecule has 6 rings (SSSR count). The third-order valence-corrected chi connectivity index (χ3v) is 7.88. The minimum atomic E-state index is -4.37. The maximum Gasteiger partial charge on any atom is 0.416 e. The van der Waals surface area contributed by atoms with Gasteiger partial charge in [0.05, 0.1) is 5.56 Å². The van der Waals surface area contributed by atoms with Crippen molar-refractivity contribution in [1.82, 2.24) is 0 Å². The van der Waals surface area contributed by atoms with Gasteiger partial charge in [-0.2, -0.15) is 13.2 Å². The zero-order valence-electron chi connectivity index (χ0n) is 18.8. The quantitative estimate of drug-likeness (QED) is 0.199. The second kappa shape index (κ2) is 8.53. The normalized spacial score (nSPS) is 18.1. The molecule has 5 aromatic carbocycles. The maximum absolute atomic E-state index is 13.6. The predicted molar refractivity (Wildman–Crippen MR) is 140 cm³/mol. The van der Waals surface area contributed by atoms with Gasteiger partial charge in [0, 0.05) is 10.4 Å². The molecule has 1 aliphatic carbocycles. The molecule has 1 aliphatic rings.